The van der Waals surface area contributed by atoms with Gasteiger partial charge in [-0.15, -0.1) is 0 Å². The molecule has 0 radical (unpaired) electrons. The van der Waals surface area contributed by atoms with Crippen molar-refractivity contribution in [2.24, 2.45) is 0 Å². The van der Waals surface area contributed by atoms with Gasteiger partial charge in [-0.25, -0.2) is 9.78 Å². The molecule has 4 rings (SSSR count). The van der Waals surface area contributed by atoms with Crippen LogP contribution in [0.3, 0.4) is 0 Å². The van der Waals surface area contributed by atoms with Crippen LogP contribution in [0.4, 0.5) is 16.5 Å². The van der Waals surface area contributed by atoms with Gasteiger partial charge in [0.1, 0.15) is 0 Å². The summed E-state index contributed by atoms with van der Waals surface area (Å²) < 4.78 is 5.98. The molecule has 2 heterocycles. The molecule has 188 valence electrons. The molecule has 1 aromatic heterocycles. The van der Waals surface area contributed by atoms with Crippen molar-refractivity contribution in [2.45, 2.75) is 39.2 Å². The van der Waals surface area contributed by atoms with E-state index in [1.807, 2.05) is 0 Å². The lowest BCUT2D eigenvalue weighted by Crippen LogP contribution is -2.36. The minimum Gasteiger partial charge on any atom is -0.459 e. The number of fused-ring (bicyclic) bond motifs is 1. The van der Waals surface area contributed by atoms with Crippen molar-refractivity contribution in [3.05, 3.63) is 57.6 Å². The van der Waals surface area contributed by atoms with Crippen LogP contribution in [0.2, 0.25) is 0 Å². The summed E-state index contributed by atoms with van der Waals surface area (Å²) in [6.07, 6.45) is 2.87. The standard InChI is InChI=1S/C24H25N5O5S2/c1-14(2)34-22(31)15-6-8-18-20(12-15)36-24(25-18)27-23(35)26-21(30)17-13-16(29(32)33)7-9-19(17)28-10-4-3-5-11-28/h6-9,12-14H,3-5,10-11H2,1-2H3,(H2,25,26,27,30,35). The molecule has 36 heavy (non-hydrogen) atoms. The predicted molar refractivity (Wildman–Crippen MR) is 143 cm³/mol. The van der Waals surface area contributed by atoms with E-state index in [0.717, 1.165) is 37.1 Å². The third-order valence-electron chi connectivity index (χ3n) is 5.55. The van der Waals surface area contributed by atoms with Crippen molar-refractivity contribution >= 4 is 67.3 Å². The number of nitrogens with zero attached hydrogens (tertiary/aromatic N) is 3. The number of nitro groups is 1. The second-order valence-electron chi connectivity index (χ2n) is 8.57. The highest BCUT2D eigenvalue weighted by molar-refractivity contribution is 7.80. The minimum absolute atomic E-state index is 0.00889. The van der Waals surface area contributed by atoms with Crippen molar-refractivity contribution in [1.29, 1.82) is 0 Å². The summed E-state index contributed by atoms with van der Waals surface area (Å²) in [4.78, 5) is 42.6. The van der Waals surface area contributed by atoms with Gasteiger partial charge in [0.2, 0.25) is 0 Å². The zero-order chi connectivity index (χ0) is 25.8. The number of hydrogen-bond acceptors (Lipinski definition) is 9. The van der Waals surface area contributed by atoms with Crippen molar-refractivity contribution in [1.82, 2.24) is 10.3 Å². The topological polar surface area (TPSA) is 127 Å². The normalized spacial score (nSPS) is 13.5. The molecule has 1 aliphatic rings. The maximum absolute atomic E-state index is 13.1. The Balaban J connectivity index is 1.49. The molecule has 3 aromatic rings. The Morgan fingerprint density at radius 1 is 1.17 bits per heavy atom. The molecule has 0 unspecified atom stereocenters. The van der Waals surface area contributed by atoms with E-state index in [0.29, 0.717) is 21.9 Å². The monoisotopic (exact) mass is 527 g/mol. The Kier molecular flexibility index (Phi) is 7.75. The number of nitro benzene ring substituents is 1. The van der Waals surface area contributed by atoms with Crippen LogP contribution in [0.15, 0.2) is 36.4 Å². The van der Waals surface area contributed by atoms with Gasteiger partial charge in [-0.1, -0.05) is 11.3 Å². The summed E-state index contributed by atoms with van der Waals surface area (Å²) in [6, 6.07) is 9.34. The molecule has 10 nitrogen and oxygen atoms in total. The summed E-state index contributed by atoms with van der Waals surface area (Å²) >= 11 is 6.58. The van der Waals surface area contributed by atoms with E-state index in [9.17, 15) is 19.7 Å². The number of thiocarbonyl (C=S) groups is 1. The van der Waals surface area contributed by atoms with Gasteiger partial charge < -0.3 is 15.0 Å². The van der Waals surface area contributed by atoms with Crippen LogP contribution >= 0.6 is 23.6 Å². The Bertz CT molecular complexity index is 1330. The van der Waals surface area contributed by atoms with Gasteiger partial charge in [-0.05, 0) is 69.6 Å². The molecule has 2 aromatic carbocycles. The van der Waals surface area contributed by atoms with Crippen molar-refractivity contribution in [2.75, 3.05) is 23.3 Å². The third kappa shape index (κ3) is 5.94. The predicted octanol–water partition coefficient (Wildman–Crippen LogP) is 4.89. The maximum Gasteiger partial charge on any atom is 0.338 e. The molecule has 0 bridgehead atoms. The van der Waals surface area contributed by atoms with Crippen LogP contribution in [0.5, 0.6) is 0 Å². The van der Waals surface area contributed by atoms with Gasteiger partial charge in [0.25, 0.3) is 11.6 Å². The van der Waals surface area contributed by atoms with E-state index in [1.165, 1.54) is 23.5 Å². The zero-order valence-electron chi connectivity index (χ0n) is 19.8. The Morgan fingerprint density at radius 2 is 1.92 bits per heavy atom. The van der Waals surface area contributed by atoms with Crippen molar-refractivity contribution in [3.63, 3.8) is 0 Å². The number of amides is 1. The number of non-ortho nitro benzene ring substituents is 1. The molecular formula is C24H25N5O5S2. The van der Waals surface area contributed by atoms with Gasteiger partial charge in [0.15, 0.2) is 10.2 Å². The number of piperidine rings is 1. The molecule has 12 heteroatoms. The number of ether oxygens (including phenoxy) is 1. The summed E-state index contributed by atoms with van der Waals surface area (Å²) in [6.45, 7) is 5.12. The summed E-state index contributed by atoms with van der Waals surface area (Å²) in [5, 5.41) is 17.3. The van der Waals surface area contributed by atoms with Crippen LogP contribution in [0.25, 0.3) is 10.2 Å². The van der Waals surface area contributed by atoms with Gasteiger partial charge in [-0.3, -0.25) is 20.2 Å². The summed E-state index contributed by atoms with van der Waals surface area (Å²) in [7, 11) is 0. The molecule has 1 aliphatic heterocycles. The number of rotatable bonds is 6. The molecule has 1 saturated heterocycles. The van der Waals surface area contributed by atoms with Gasteiger partial charge >= 0.3 is 5.97 Å². The highest BCUT2D eigenvalue weighted by Crippen LogP contribution is 2.29. The first-order chi connectivity index (χ1) is 17.2. The Morgan fingerprint density at radius 3 is 2.61 bits per heavy atom. The van der Waals surface area contributed by atoms with Crippen LogP contribution in [0.1, 0.15) is 53.8 Å². The molecule has 1 amide bonds. The zero-order valence-corrected chi connectivity index (χ0v) is 21.4. The molecule has 0 spiro atoms. The van der Waals surface area contributed by atoms with E-state index < -0.39 is 16.8 Å². The number of nitrogens with one attached hydrogen (secondary N) is 2. The van der Waals surface area contributed by atoms with E-state index in [-0.39, 0.29) is 22.5 Å². The highest BCUT2D eigenvalue weighted by atomic mass is 32.1. The molecule has 1 fully saturated rings. The fourth-order valence-electron chi connectivity index (χ4n) is 3.92. The van der Waals surface area contributed by atoms with E-state index in [4.69, 9.17) is 17.0 Å². The largest absolute Gasteiger partial charge is 0.459 e. The van der Waals surface area contributed by atoms with E-state index in [2.05, 4.69) is 20.5 Å². The SMILES string of the molecule is CC(C)OC(=O)c1ccc2nc(NC(=S)NC(=O)c3cc([N+](=O)[O-])ccc3N3CCCCC3)sc2c1. The average molecular weight is 528 g/mol. The molecule has 0 saturated carbocycles. The number of aromatic nitrogens is 1. The van der Waals surface area contributed by atoms with E-state index >= 15 is 0 Å². The fraction of sp³-hybridized carbons (Fsp3) is 0.333. The average Bonchev–Trinajstić information content (AvgIpc) is 3.24. The highest BCUT2D eigenvalue weighted by Gasteiger charge is 2.23. The molecule has 0 aliphatic carbocycles. The van der Waals surface area contributed by atoms with Gasteiger partial charge in [0, 0.05) is 25.2 Å². The summed E-state index contributed by atoms with van der Waals surface area (Å²) in [5.41, 5.74) is 1.73. The van der Waals surface area contributed by atoms with Crippen LogP contribution in [-0.2, 0) is 4.74 Å². The van der Waals surface area contributed by atoms with Crippen LogP contribution in [0, 0.1) is 10.1 Å². The second-order valence-corrected chi connectivity index (χ2v) is 10.0. The van der Waals surface area contributed by atoms with Crippen LogP contribution < -0.4 is 15.5 Å². The number of esters is 1. The second kappa shape index (κ2) is 11.0. The first kappa shape index (κ1) is 25.5. The van der Waals surface area contributed by atoms with Gasteiger partial charge in [-0.2, -0.15) is 0 Å². The first-order valence-electron chi connectivity index (χ1n) is 11.5. The van der Waals surface area contributed by atoms with Crippen molar-refractivity contribution in [3.8, 4) is 0 Å². The molecular weight excluding hydrogens is 502 g/mol. The fourth-order valence-corrected chi connectivity index (χ4v) is 5.08. The van der Waals surface area contributed by atoms with E-state index in [1.54, 1.807) is 38.1 Å². The number of hydrogen-bond donors (Lipinski definition) is 2. The number of carbonyl (C=O) groups excluding carboxylic acids is 2. The Hall–Kier alpha value is -3.64. The lowest BCUT2D eigenvalue weighted by Gasteiger charge is -2.30. The maximum atomic E-state index is 13.1. The molecule has 0 atom stereocenters. The minimum atomic E-state index is -0.545. The molecule has 2 N–H and O–H groups in total. The Labute approximate surface area is 216 Å². The summed E-state index contributed by atoms with van der Waals surface area (Å²) in [5.74, 6) is -0.962. The van der Waals surface area contributed by atoms with Gasteiger partial charge in [0.05, 0.1) is 38.1 Å². The van der Waals surface area contributed by atoms with Crippen LogP contribution in [-0.4, -0.2) is 46.1 Å². The number of anilines is 2. The number of thiazole rings is 1. The first-order valence-corrected chi connectivity index (χ1v) is 12.7. The van der Waals surface area contributed by atoms with Crippen molar-refractivity contribution < 1.29 is 19.2 Å². The lowest BCUT2D eigenvalue weighted by atomic mass is 10.1. The number of carbonyl (C=O) groups is 2. The lowest BCUT2D eigenvalue weighted by molar-refractivity contribution is -0.384. The quantitative estimate of drug-likeness (QED) is 0.199. The smallest absolute Gasteiger partial charge is 0.338 e. The number of benzene rings is 2. The third-order valence-corrected chi connectivity index (χ3v) is 6.68.